The highest BCUT2D eigenvalue weighted by Gasteiger charge is 2.16. The molecule has 0 radical (unpaired) electrons. The van der Waals surface area contributed by atoms with Crippen LogP contribution < -0.4 is 5.43 Å². The fourth-order valence-corrected chi connectivity index (χ4v) is 2.84. The van der Waals surface area contributed by atoms with E-state index in [-0.39, 0.29) is 23.3 Å². The molecule has 0 saturated carbocycles. The number of hydrogen-bond acceptors (Lipinski definition) is 2. The van der Waals surface area contributed by atoms with Crippen LogP contribution in [0.2, 0.25) is 10.0 Å². The fourth-order valence-electron chi connectivity index (χ4n) is 2.27. The first kappa shape index (κ1) is 14.9. The summed E-state index contributed by atoms with van der Waals surface area (Å²) in [6.45, 7) is 1.78. The molecule has 0 aliphatic heterocycles. The largest absolute Gasteiger partial charge is 0.481 e. The molecule has 0 amide bonds. The number of fused-ring (bicyclic) bond motifs is 1. The summed E-state index contributed by atoms with van der Waals surface area (Å²) in [5.41, 5.74) is 1.62. The van der Waals surface area contributed by atoms with E-state index in [4.69, 9.17) is 28.3 Å². The normalized spacial score (nSPS) is 11.0. The molecule has 0 atom stereocenters. The molecule has 20 heavy (non-hydrogen) atoms. The van der Waals surface area contributed by atoms with Gasteiger partial charge in [0.05, 0.1) is 15.9 Å². The number of aromatic nitrogens is 1. The number of carboxylic acid groups (broad SMARTS) is 1. The van der Waals surface area contributed by atoms with E-state index in [1.165, 1.54) is 6.07 Å². The number of benzene rings is 1. The standard InChI is InChI=1S/C14H13Cl2NO3/c1-7-9(3-4-12(18)19)14(20)13-10(16)5-8(15)6-11(13)17(7)2/h5-6H,3-4H2,1-2H3,(H,18,19). The Hall–Kier alpha value is -1.52. The monoisotopic (exact) mass is 313 g/mol. The Labute approximate surface area is 125 Å². The van der Waals surface area contributed by atoms with Crippen LogP contribution in [0.5, 0.6) is 0 Å². The third kappa shape index (κ3) is 2.53. The van der Waals surface area contributed by atoms with Gasteiger partial charge in [0.1, 0.15) is 0 Å². The minimum Gasteiger partial charge on any atom is -0.481 e. The molecule has 6 heteroatoms. The van der Waals surface area contributed by atoms with E-state index in [0.717, 1.165) is 5.69 Å². The fraction of sp³-hybridized carbons (Fsp3) is 0.286. The van der Waals surface area contributed by atoms with Crippen molar-refractivity contribution >= 4 is 40.1 Å². The first-order chi connectivity index (χ1) is 9.32. The number of carboxylic acids is 1. The van der Waals surface area contributed by atoms with Gasteiger partial charge in [-0.1, -0.05) is 23.2 Å². The number of nitrogens with zero attached hydrogens (tertiary/aromatic N) is 1. The number of rotatable bonds is 3. The molecular weight excluding hydrogens is 301 g/mol. The number of pyridine rings is 1. The highest BCUT2D eigenvalue weighted by atomic mass is 35.5. The molecule has 0 aliphatic rings. The Morgan fingerprint density at radius 1 is 1.35 bits per heavy atom. The molecule has 106 valence electrons. The molecule has 2 rings (SSSR count). The Morgan fingerprint density at radius 3 is 2.60 bits per heavy atom. The van der Waals surface area contributed by atoms with Crippen molar-refractivity contribution in [3.8, 4) is 0 Å². The zero-order valence-electron chi connectivity index (χ0n) is 11.0. The van der Waals surface area contributed by atoms with E-state index >= 15 is 0 Å². The second-order valence-electron chi connectivity index (χ2n) is 4.63. The molecule has 1 aromatic carbocycles. The van der Waals surface area contributed by atoms with Gasteiger partial charge in [-0.25, -0.2) is 0 Å². The predicted octanol–water partition coefficient (Wildman–Crippen LogP) is 3.17. The molecular formula is C14H13Cl2NO3. The van der Waals surface area contributed by atoms with E-state index in [1.807, 2.05) is 4.57 Å². The Morgan fingerprint density at radius 2 is 2.00 bits per heavy atom. The smallest absolute Gasteiger partial charge is 0.303 e. The van der Waals surface area contributed by atoms with Crippen molar-refractivity contribution in [2.75, 3.05) is 0 Å². The molecule has 1 aromatic heterocycles. The molecule has 0 fully saturated rings. The van der Waals surface area contributed by atoms with E-state index in [2.05, 4.69) is 0 Å². The lowest BCUT2D eigenvalue weighted by Gasteiger charge is -2.15. The van der Waals surface area contributed by atoms with Crippen LogP contribution in [0.4, 0.5) is 0 Å². The minimum absolute atomic E-state index is 0.0905. The zero-order chi connectivity index (χ0) is 15.0. The van der Waals surface area contributed by atoms with E-state index in [1.54, 1.807) is 20.0 Å². The number of hydrogen-bond donors (Lipinski definition) is 1. The highest BCUT2D eigenvalue weighted by Crippen LogP contribution is 2.27. The summed E-state index contributed by atoms with van der Waals surface area (Å²) in [5, 5.41) is 9.89. The average molecular weight is 314 g/mol. The van der Waals surface area contributed by atoms with Crippen LogP contribution in [0, 0.1) is 6.92 Å². The summed E-state index contributed by atoms with van der Waals surface area (Å²) < 4.78 is 1.81. The van der Waals surface area contributed by atoms with Crippen molar-refractivity contribution in [3.63, 3.8) is 0 Å². The Balaban J connectivity index is 2.79. The van der Waals surface area contributed by atoms with Crippen molar-refractivity contribution in [2.24, 2.45) is 7.05 Å². The number of carbonyl (C=O) groups is 1. The molecule has 4 nitrogen and oxygen atoms in total. The second-order valence-corrected chi connectivity index (χ2v) is 5.47. The minimum atomic E-state index is -0.936. The summed E-state index contributed by atoms with van der Waals surface area (Å²) in [6.07, 6.45) is 0.0928. The van der Waals surface area contributed by atoms with Crippen LogP contribution in [-0.2, 0) is 18.3 Å². The molecule has 0 unspecified atom stereocenters. The maximum atomic E-state index is 12.5. The van der Waals surface area contributed by atoms with Crippen LogP contribution in [0.25, 0.3) is 10.9 Å². The third-order valence-electron chi connectivity index (χ3n) is 3.43. The van der Waals surface area contributed by atoms with Crippen molar-refractivity contribution in [1.82, 2.24) is 4.57 Å². The van der Waals surface area contributed by atoms with Gasteiger partial charge >= 0.3 is 5.97 Å². The molecule has 1 heterocycles. The molecule has 2 aromatic rings. The maximum absolute atomic E-state index is 12.5. The molecule has 0 bridgehead atoms. The lowest BCUT2D eigenvalue weighted by atomic mass is 10.0. The summed E-state index contributed by atoms with van der Waals surface area (Å²) in [4.78, 5) is 23.2. The van der Waals surface area contributed by atoms with Gasteiger partial charge < -0.3 is 9.67 Å². The first-order valence-electron chi connectivity index (χ1n) is 6.02. The summed E-state index contributed by atoms with van der Waals surface area (Å²) in [7, 11) is 1.80. The molecule has 0 saturated heterocycles. The SMILES string of the molecule is Cc1c(CCC(=O)O)c(=O)c2c(Cl)cc(Cl)cc2n1C. The second kappa shape index (κ2) is 5.46. The number of halogens is 2. The van der Waals surface area contributed by atoms with Gasteiger partial charge in [-0.15, -0.1) is 0 Å². The van der Waals surface area contributed by atoms with E-state index in [9.17, 15) is 9.59 Å². The average Bonchev–Trinajstić information content (AvgIpc) is 2.34. The zero-order valence-corrected chi connectivity index (χ0v) is 12.5. The van der Waals surface area contributed by atoms with Gasteiger partial charge in [-0.2, -0.15) is 0 Å². The van der Waals surface area contributed by atoms with Gasteiger partial charge in [-0.05, 0) is 25.5 Å². The topological polar surface area (TPSA) is 59.3 Å². The first-order valence-corrected chi connectivity index (χ1v) is 6.77. The summed E-state index contributed by atoms with van der Waals surface area (Å²) >= 11 is 12.1. The summed E-state index contributed by atoms with van der Waals surface area (Å²) in [5.74, 6) is -0.936. The Bertz CT molecular complexity index is 765. The Kier molecular flexibility index (Phi) is 4.06. The lowest BCUT2D eigenvalue weighted by molar-refractivity contribution is -0.136. The summed E-state index contributed by atoms with van der Waals surface area (Å²) in [6, 6.07) is 3.20. The molecule has 0 aliphatic carbocycles. The van der Waals surface area contributed by atoms with Crippen molar-refractivity contribution in [2.45, 2.75) is 19.8 Å². The number of aryl methyl sites for hydroxylation is 1. The van der Waals surface area contributed by atoms with Crippen molar-refractivity contribution < 1.29 is 9.90 Å². The quantitative estimate of drug-likeness (QED) is 0.946. The van der Waals surface area contributed by atoms with Gasteiger partial charge in [-0.3, -0.25) is 9.59 Å². The van der Waals surface area contributed by atoms with Crippen LogP contribution in [-0.4, -0.2) is 15.6 Å². The van der Waals surface area contributed by atoms with E-state index in [0.29, 0.717) is 21.5 Å². The maximum Gasteiger partial charge on any atom is 0.303 e. The highest BCUT2D eigenvalue weighted by molar-refractivity contribution is 6.38. The predicted molar refractivity (Wildman–Crippen MR) is 79.9 cm³/mol. The third-order valence-corrected chi connectivity index (χ3v) is 3.94. The number of aliphatic carboxylic acids is 1. The van der Waals surface area contributed by atoms with Gasteiger partial charge in [0.25, 0.3) is 0 Å². The van der Waals surface area contributed by atoms with Crippen LogP contribution in [0.1, 0.15) is 17.7 Å². The van der Waals surface area contributed by atoms with E-state index < -0.39 is 5.97 Å². The van der Waals surface area contributed by atoms with Gasteiger partial charge in [0, 0.05) is 29.7 Å². The van der Waals surface area contributed by atoms with Gasteiger partial charge in [0.2, 0.25) is 0 Å². The molecule has 1 N–H and O–H groups in total. The molecule has 0 spiro atoms. The van der Waals surface area contributed by atoms with Crippen LogP contribution >= 0.6 is 23.2 Å². The van der Waals surface area contributed by atoms with Crippen LogP contribution in [0.15, 0.2) is 16.9 Å². The lowest BCUT2D eigenvalue weighted by Crippen LogP contribution is -2.18. The van der Waals surface area contributed by atoms with Crippen LogP contribution in [0.3, 0.4) is 0 Å². The van der Waals surface area contributed by atoms with Gasteiger partial charge in [0.15, 0.2) is 5.43 Å². The van der Waals surface area contributed by atoms with Crippen molar-refractivity contribution in [3.05, 3.63) is 43.7 Å². The van der Waals surface area contributed by atoms with Crippen molar-refractivity contribution in [1.29, 1.82) is 0 Å².